The lowest BCUT2D eigenvalue weighted by Crippen LogP contribution is -2.41. The van der Waals surface area contributed by atoms with Crippen molar-refractivity contribution in [3.63, 3.8) is 0 Å². The molecule has 1 aliphatic heterocycles. The molecule has 0 atom stereocenters. The molecule has 0 aromatic carbocycles. The minimum absolute atomic E-state index is 0.130. The number of nitrogen functional groups attached to an aromatic ring is 1. The summed E-state index contributed by atoms with van der Waals surface area (Å²) >= 11 is 5.94. The molecule has 0 bridgehead atoms. The molecule has 0 aliphatic carbocycles. The smallest absolute Gasteiger partial charge is 0.444 e. The molecule has 1 aromatic heterocycles. The van der Waals surface area contributed by atoms with Gasteiger partial charge in [0.2, 0.25) is 0 Å². The Balaban J connectivity index is 2.30. The Hall–Kier alpha value is -1.84. The van der Waals surface area contributed by atoms with Crippen molar-refractivity contribution < 1.29 is 18.8 Å². The van der Waals surface area contributed by atoms with Crippen LogP contribution in [0.5, 0.6) is 0 Å². The van der Waals surface area contributed by atoms with Crippen LogP contribution in [-0.2, 0) is 14.0 Å². The van der Waals surface area contributed by atoms with Crippen LogP contribution in [0.15, 0.2) is 11.5 Å². The highest BCUT2D eigenvalue weighted by atomic mass is 35.5. The van der Waals surface area contributed by atoms with Crippen molar-refractivity contribution in [2.24, 2.45) is 0 Å². The van der Waals surface area contributed by atoms with E-state index in [0.29, 0.717) is 11.0 Å². The zero-order valence-electron chi connectivity index (χ0n) is 17.4. The van der Waals surface area contributed by atoms with E-state index in [9.17, 15) is 4.79 Å². The highest BCUT2D eigenvalue weighted by molar-refractivity contribution is 6.56. The third kappa shape index (κ3) is 5.59. The Morgan fingerprint density at radius 2 is 1.86 bits per heavy atom. The van der Waals surface area contributed by atoms with Crippen LogP contribution < -0.4 is 11.1 Å². The van der Waals surface area contributed by atoms with Gasteiger partial charge in [0.15, 0.2) is 11.0 Å². The molecule has 1 fully saturated rings. The number of halogens is 1. The molecule has 2 heterocycles. The highest BCUT2D eigenvalue weighted by Crippen LogP contribution is 2.39. The molecule has 2 rings (SSSR count). The topological polar surface area (TPSA) is 109 Å². The monoisotopic (exact) mass is 410 g/mol. The maximum Gasteiger partial charge on any atom is 0.492 e. The number of amides is 1. The van der Waals surface area contributed by atoms with Gasteiger partial charge in [-0.2, -0.15) is 0 Å². The fourth-order valence-electron chi connectivity index (χ4n) is 2.39. The molecule has 3 N–H and O–H groups in total. The number of nitrogens with zero attached hydrogens (tertiary/aromatic N) is 2. The molecule has 0 unspecified atom stereocenters. The van der Waals surface area contributed by atoms with Crippen molar-refractivity contribution in [2.45, 2.75) is 65.3 Å². The van der Waals surface area contributed by atoms with Crippen LogP contribution in [0.4, 0.5) is 10.6 Å². The van der Waals surface area contributed by atoms with Crippen molar-refractivity contribution in [1.82, 2.24) is 15.5 Å². The van der Waals surface area contributed by atoms with E-state index in [4.69, 9.17) is 31.4 Å². The van der Waals surface area contributed by atoms with Gasteiger partial charge in [0.25, 0.3) is 0 Å². The van der Waals surface area contributed by atoms with Crippen LogP contribution >= 0.6 is 11.6 Å². The number of carbonyl (C=O) groups is 1. The van der Waals surface area contributed by atoms with Gasteiger partial charge in [0.05, 0.1) is 11.2 Å². The Morgan fingerprint density at radius 1 is 1.29 bits per heavy atom. The van der Waals surface area contributed by atoms with E-state index in [2.05, 4.69) is 15.5 Å². The number of nitrogens with two attached hydrogens (primary N) is 1. The zero-order valence-corrected chi connectivity index (χ0v) is 18.2. The molecule has 0 spiro atoms. The van der Waals surface area contributed by atoms with Gasteiger partial charge in [-0.1, -0.05) is 17.7 Å². The molecule has 1 aliphatic rings. The molecule has 154 valence electrons. The van der Waals surface area contributed by atoms with E-state index in [1.807, 2.05) is 27.7 Å². The first-order valence-electron chi connectivity index (χ1n) is 9.02. The summed E-state index contributed by atoms with van der Waals surface area (Å²) in [6.07, 6.45) is 1.18. The number of rotatable bonds is 4. The van der Waals surface area contributed by atoms with Gasteiger partial charge in [-0.15, -0.1) is 10.2 Å². The summed E-state index contributed by atoms with van der Waals surface area (Å²) in [5.74, 6) is 0.204. The minimum Gasteiger partial charge on any atom is -0.444 e. The molecule has 1 saturated heterocycles. The number of aromatic nitrogens is 2. The van der Waals surface area contributed by atoms with Gasteiger partial charge in [0, 0.05) is 12.1 Å². The van der Waals surface area contributed by atoms with E-state index in [-0.39, 0.29) is 17.5 Å². The van der Waals surface area contributed by atoms with E-state index in [1.54, 1.807) is 32.9 Å². The second-order valence-corrected chi connectivity index (χ2v) is 9.06. The molecule has 0 saturated carbocycles. The summed E-state index contributed by atoms with van der Waals surface area (Å²) in [6.45, 7) is 13.3. The van der Waals surface area contributed by atoms with Gasteiger partial charge >= 0.3 is 13.2 Å². The number of hydrogen-bond acceptors (Lipinski definition) is 7. The Bertz CT molecular complexity index is 761. The number of ether oxygens (including phenoxy) is 1. The Morgan fingerprint density at radius 3 is 2.39 bits per heavy atom. The van der Waals surface area contributed by atoms with Crippen molar-refractivity contribution in [3.8, 4) is 0 Å². The van der Waals surface area contributed by atoms with Crippen LogP contribution in [0.2, 0.25) is 5.15 Å². The summed E-state index contributed by atoms with van der Waals surface area (Å²) < 4.78 is 17.5. The van der Waals surface area contributed by atoms with Crippen molar-refractivity contribution in [3.05, 3.63) is 22.3 Å². The van der Waals surface area contributed by atoms with E-state index >= 15 is 0 Å². The molecule has 0 radical (unpaired) electrons. The van der Waals surface area contributed by atoms with Crippen molar-refractivity contribution in [2.75, 3.05) is 12.3 Å². The summed E-state index contributed by atoms with van der Waals surface area (Å²) in [6, 6.07) is 1.59. The fourth-order valence-corrected chi connectivity index (χ4v) is 2.55. The minimum atomic E-state index is -0.689. The average molecular weight is 411 g/mol. The summed E-state index contributed by atoms with van der Waals surface area (Å²) in [4.78, 5) is 12.1. The fraction of sp³-hybridized carbons (Fsp3) is 0.611. The number of anilines is 1. The third-order valence-corrected chi connectivity index (χ3v) is 4.74. The second-order valence-electron chi connectivity index (χ2n) is 8.67. The van der Waals surface area contributed by atoms with Crippen LogP contribution in [0.1, 0.15) is 54.0 Å². The standard InChI is InChI=1S/C18H28BClN4O4/c1-16(2,3)26-15(25)22-10-12(8-11-9-13(20)23-24-14(11)21)19-27-17(4,5)18(6,7)28-19/h8-9H,10H2,1-7H3,(H2,21,24)(H,22,25). The number of alkyl carbamates (subject to hydrolysis) is 1. The lowest BCUT2D eigenvalue weighted by Gasteiger charge is -2.32. The molecule has 10 heteroatoms. The lowest BCUT2D eigenvalue weighted by atomic mass is 9.77. The summed E-state index contributed by atoms with van der Waals surface area (Å²) in [7, 11) is -0.689. The lowest BCUT2D eigenvalue weighted by molar-refractivity contribution is 0.00578. The molecule has 1 amide bonds. The predicted octanol–water partition coefficient (Wildman–Crippen LogP) is 3.25. The van der Waals surface area contributed by atoms with Gasteiger partial charge < -0.3 is 25.1 Å². The molecule has 8 nitrogen and oxygen atoms in total. The van der Waals surface area contributed by atoms with Crippen LogP contribution in [0, 0.1) is 0 Å². The van der Waals surface area contributed by atoms with Crippen LogP contribution in [0.25, 0.3) is 6.08 Å². The highest BCUT2D eigenvalue weighted by Gasteiger charge is 2.52. The first kappa shape index (κ1) is 22.5. The van der Waals surface area contributed by atoms with Gasteiger partial charge in [0.1, 0.15) is 5.60 Å². The molecular weight excluding hydrogens is 382 g/mol. The van der Waals surface area contributed by atoms with Gasteiger partial charge in [-0.3, -0.25) is 0 Å². The van der Waals surface area contributed by atoms with Gasteiger partial charge in [-0.05, 0) is 60.0 Å². The number of hydrogen-bond donors (Lipinski definition) is 2. The Labute approximate surface area is 171 Å². The molecule has 1 aromatic rings. The van der Waals surface area contributed by atoms with Crippen molar-refractivity contribution >= 4 is 36.7 Å². The second kappa shape index (κ2) is 7.89. The van der Waals surface area contributed by atoms with E-state index < -0.39 is 30.0 Å². The summed E-state index contributed by atoms with van der Waals surface area (Å²) in [5.41, 5.74) is 5.42. The van der Waals surface area contributed by atoms with Crippen LogP contribution in [0.3, 0.4) is 0 Å². The van der Waals surface area contributed by atoms with Crippen LogP contribution in [-0.4, -0.2) is 46.8 Å². The Kier molecular flexibility index (Phi) is 6.32. The predicted molar refractivity (Wildman–Crippen MR) is 110 cm³/mol. The maximum absolute atomic E-state index is 12.1. The first-order chi connectivity index (χ1) is 12.7. The maximum atomic E-state index is 12.1. The normalized spacial score (nSPS) is 18.9. The summed E-state index contributed by atoms with van der Waals surface area (Å²) in [5, 5.41) is 10.5. The number of nitrogens with one attached hydrogen (secondary N) is 1. The van der Waals surface area contributed by atoms with Gasteiger partial charge in [-0.25, -0.2) is 4.79 Å². The van der Waals surface area contributed by atoms with E-state index in [1.165, 1.54) is 0 Å². The van der Waals surface area contributed by atoms with Crippen molar-refractivity contribution in [1.29, 1.82) is 0 Å². The number of carbonyl (C=O) groups excluding carboxylic acids is 1. The third-order valence-electron chi connectivity index (χ3n) is 4.56. The largest absolute Gasteiger partial charge is 0.492 e. The molecular formula is C18H28BClN4O4. The molecule has 28 heavy (non-hydrogen) atoms. The van der Waals surface area contributed by atoms with E-state index in [0.717, 1.165) is 0 Å². The average Bonchev–Trinajstić information content (AvgIpc) is 2.73. The first-order valence-corrected chi connectivity index (χ1v) is 9.40. The zero-order chi connectivity index (χ0) is 21.3. The quantitative estimate of drug-likeness (QED) is 0.733. The SMILES string of the molecule is CC(C)(C)OC(=O)NCC(=Cc1cc(Cl)nnc1N)B1OC(C)(C)C(C)(C)O1.